The molecule has 0 atom stereocenters. The van der Waals surface area contributed by atoms with Crippen LogP contribution in [0.4, 0.5) is 0 Å². The molecule has 0 aliphatic carbocycles. The van der Waals surface area contributed by atoms with Crippen LogP contribution in [0.3, 0.4) is 0 Å². The molecular weight excluding hydrogens is 306 g/mol. The van der Waals surface area contributed by atoms with E-state index in [4.69, 9.17) is 39.4 Å². The van der Waals surface area contributed by atoms with Crippen molar-refractivity contribution in [3.8, 4) is 0 Å². The topological polar surface area (TPSA) is 54.4 Å². The van der Waals surface area contributed by atoms with E-state index in [0.717, 1.165) is 6.07 Å². The van der Waals surface area contributed by atoms with Gasteiger partial charge >= 0.3 is 29.6 Å². The third kappa shape index (κ3) is 3.50. The van der Waals surface area contributed by atoms with E-state index in [-0.39, 0.29) is 46.1 Å². The summed E-state index contributed by atoms with van der Waals surface area (Å²) in [4.78, 5) is -0.476. The molecule has 0 radical (unpaired) electrons. The fourth-order valence-corrected chi connectivity index (χ4v) is 3.02. The summed E-state index contributed by atoms with van der Waals surface area (Å²) in [5.41, 5.74) is 0.552. The number of rotatable bonds is 2. The predicted molar refractivity (Wildman–Crippen MR) is 61.8 cm³/mol. The van der Waals surface area contributed by atoms with Gasteiger partial charge in [0.15, 0.2) is 0 Å². The molecule has 0 fully saturated rings. The molecule has 0 saturated carbocycles. The standard InChI is InChI=1S/C8H7Cl3O3S.Na.H/c1-2-4-5(9)3-6(15(12,13)14)8(11)7(4)10;;/h3H,2H2,1H3,(H,12,13,14);;/q;+1;-1. The fraction of sp³-hybridized carbons (Fsp3) is 0.250. The van der Waals surface area contributed by atoms with Gasteiger partial charge in [-0.3, -0.25) is 4.55 Å². The van der Waals surface area contributed by atoms with E-state index in [9.17, 15) is 8.42 Å². The molecule has 0 aliphatic heterocycles. The van der Waals surface area contributed by atoms with Crippen LogP contribution in [0.25, 0.3) is 0 Å². The zero-order chi connectivity index (χ0) is 11.8. The summed E-state index contributed by atoms with van der Waals surface area (Å²) in [7, 11) is -4.40. The van der Waals surface area contributed by atoms with Crippen LogP contribution in [0.15, 0.2) is 11.0 Å². The van der Waals surface area contributed by atoms with Gasteiger partial charge in [-0.25, -0.2) is 0 Å². The van der Waals surface area contributed by atoms with Gasteiger partial charge in [0.05, 0.1) is 10.0 Å². The van der Waals surface area contributed by atoms with Crippen LogP contribution in [-0.4, -0.2) is 13.0 Å². The minimum absolute atomic E-state index is 0. The quantitative estimate of drug-likeness (QED) is 0.493. The molecule has 1 N–H and O–H groups in total. The van der Waals surface area contributed by atoms with Gasteiger partial charge in [0.1, 0.15) is 4.90 Å². The number of halogens is 3. The summed E-state index contributed by atoms with van der Waals surface area (Å²) in [5.74, 6) is 0. The molecule has 3 nitrogen and oxygen atoms in total. The third-order valence-corrected chi connectivity index (χ3v) is 4.09. The first-order valence-electron chi connectivity index (χ1n) is 3.92. The normalized spacial score (nSPS) is 11.1. The Hall–Kier alpha value is 1.000. The Labute approximate surface area is 133 Å². The maximum Gasteiger partial charge on any atom is 1.00 e. The first-order chi connectivity index (χ1) is 6.79. The Balaban J connectivity index is 0. The second kappa shape index (κ2) is 6.25. The molecule has 16 heavy (non-hydrogen) atoms. The monoisotopic (exact) mass is 312 g/mol. The van der Waals surface area contributed by atoms with Crippen molar-refractivity contribution >= 4 is 44.9 Å². The van der Waals surface area contributed by atoms with Gasteiger partial charge in [-0.2, -0.15) is 8.42 Å². The molecule has 1 aromatic carbocycles. The molecule has 0 aromatic heterocycles. The van der Waals surface area contributed by atoms with Crippen LogP contribution < -0.4 is 29.6 Å². The average Bonchev–Trinajstić information content (AvgIpc) is 2.10. The molecular formula is C8H8Cl3NaO3S. The Kier molecular flexibility index (Phi) is 6.64. The van der Waals surface area contributed by atoms with Crippen molar-refractivity contribution < 1.29 is 44.0 Å². The molecule has 0 bridgehead atoms. The first kappa shape index (κ1) is 17.0. The summed E-state index contributed by atoms with van der Waals surface area (Å²) in [5, 5.41) is 0.0132. The minimum Gasteiger partial charge on any atom is -1.00 e. The van der Waals surface area contributed by atoms with E-state index >= 15 is 0 Å². The van der Waals surface area contributed by atoms with Crippen molar-refractivity contribution in [2.75, 3.05) is 0 Å². The minimum atomic E-state index is -4.40. The summed E-state index contributed by atoms with van der Waals surface area (Å²) in [6, 6.07) is 1.09. The van der Waals surface area contributed by atoms with E-state index in [1.54, 1.807) is 6.92 Å². The van der Waals surface area contributed by atoms with Gasteiger partial charge in [-0.1, -0.05) is 41.7 Å². The van der Waals surface area contributed by atoms with E-state index in [1.807, 2.05) is 0 Å². The molecule has 86 valence electrons. The van der Waals surface area contributed by atoms with Gasteiger partial charge in [0, 0.05) is 5.02 Å². The van der Waals surface area contributed by atoms with Gasteiger partial charge in [-0.15, -0.1) is 0 Å². The zero-order valence-corrected chi connectivity index (χ0v) is 13.7. The van der Waals surface area contributed by atoms with Crippen LogP contribution in [0.2, 0.25) is 15.1 Å². The second-order valence-electron chi connectivity index (χ2n) is 2.79. The molecule has 0 saturated heterocycles. The van der Waals surface area contributed by atoms with Crippen molar-refractivity contribution in [3.63, 3.8) is 0 Å². The SMILES string of the molecule is CCc1c(Cl)cc(S(=O)(=O)O)c(Cl)c1Cl.[H-].[Na+]. The predicted octanol–water partition coefficient (Wildman–Crippen LogP) is 0.572. The van der Waals surface area contributed by atoms with Crippen molar-refractivity contribution in [2.24, 2.45) is 0 Å². The Morgan fingerprint density at radius 2 is 1.81 bits per heavy atom. The zero-order valence-electron chi connectivity index (χ0n) is 9.59. The van der Waals surface area contributed by atoms with Gasteiger partial charge in [0.2, 0.25) is 0 Å². The molecule has 0 heterocycles. The number of hydrogen-bond donors (Lipinski definition) is 1. The maximum atomic E-state index is 10.9. The van der Waals surface area contributed by atoms with Crippen LogP contribution >= 0.6 is 34.8 Å². The largest absolute Gasteiger partial charge is 1.00 e. The third-order valence-electron chi connectivity index (χ3n) is 1.85. The van der Waals surface area contributed by atoms with E-state index in [0.29, 0.717) is 12.0 Å². The Morgan fingerprint density at radius 3 is 2.19 bits per heavy atom. The second-order valence-corrected chi connectivity index (χ2v) is 5.34. The summed E-state index contributed by atoms with van der Waals surface area (Å²) in [6.07, 6.45) is 0.517. The number of hydrogen-bond acceptors (Lipinski definition) is 2. The van der Waals surface area contributed by atoms with Gasteiger partial charge in [-0.05, 0) is 18.1 Å². The Morgan fingerprint density at radius 1 is 1.31 bits per heavy atom. The first-order valence-corrected chi connectivity index (χ1v) is 6.50. The molecule has 0 spiro atoms. The van der Waals surface area contributed by atoms with E-state index in [2.05, 4.69) is 0 Å². The van der Waals surface area contributed by atoms with E-state index < -0.39 is 15.0 Å². The summed E-state index contributed by atoms with van der Waals surface area (Å²) < 4.78 is 30.7. The van der Waals surface area contributed by atoms with Crippen LogP contribution in [0.1, 0.15) is 13.9 Å². The smallest absolute Gasteiger partial charge is 1.00 e. The summed E-state index contributed by atoms with van der Waals surface area (Å²) >= 11 is 17.3. The fourth-order valence-electron chi connectivity index (χ4n) is 1.12. The van der Waals surface area contributed by atoms with Crippen molar-refractivity contribution in [1.82, 2.24) is 0 Å². The molecule has 0 amide bonds. The van der Waals surface area contributed by atoms with Crippen molar-refractivity contribution in [1.29, 1.82) is 0 Å². The van der Waals surface area contributed by atoms with E-state index in [1.165, 1.54) is 0 Å². The average molecular weight is 314 g/mol. The molecule has 1 aromatic rings. The summed E-state index contributed by atoms with van der Waals surface area (Å²) in [6.45, 7) is 1.80. The maximum absolute atomic E-state index is 10.9. The molecule has 8 heteroatoms. The molecule has 1 rings (SSSR count). The van der Waals surface area contributed by atoms with Gasteiger partial charge < -0.3 is 1.43 Å². The van der Waals surface area contributed by atoms with Crippen LogP contribution in [0, 0.1) is 0 Å². The number of benzene rings is 1. The molecule has 0 unspecified atom stereocenters. The van der Waals surface area contributed by atoms with Crippen molar-refractivity contribution in [2.45, 2.75) is 18.2 Å². The molecule has 0 aliphatic rings. The van der Waals surface area contributed by atoms with Crippen LogP contribution in [-0.2, 0) is 16.5 Å². The van der Waals surface area contributed by atoms with Gasteiger partial charge in [0.25, 0.3) is 10.1 Å². The Bertz CT molecular complexity index is 507. The van der Waals surface area contributed by atoms with Crippen molar-refractivity contribution in [3.05, 3.63) is 26.7 Å². The van der Waals surface area contributed by atoms with Crippen LogP contribution in [0.5, 0.6) is 0 Å².